The molecule has 1 amide bonds. The quantitative estimate of drug-likeness (QED) is 0.746. The van der Waals surface area contributed by atoms with Crippen LogP contribution in [0.5, 0.6) is 17.2 Å². The summed E-state index contributed by atoms with van der Waals surface area (Å²) in [5, 5.41) is -0.0401. The van der Waals surface area contributed by atoms with Crippen LogP contribution < -0.4 is 14.2 Å². The van der Waals surface area contributed by atoms with Crippen molar-refractivity contribution in [2.24, 2.45) is 0 Å². The molecule has 1 aromatic rings. The fourth-order valence-corrected chi connectivity index (χ4v) is 3.98. The van der Waals surface area contributed by atoms with E-state index in [0.29, 0.717) is 11.5 Å². The first-order chi connectivity index (χ1) is 11.0. The lowest BCUT2D eigenvalue weighted by Crippen LogP contribution is -2.30. The number of amides is 1. The number of rotatable bonds is 2. The van der Waals surface area contributed by atoms with Crippen molar-refractivity contribution < 1.29 is 19.0 Å². The van der Waals surface area contributed by atoms with Gasteiger partial charge in [0, 0.05) is 45.5 Å². The van der Waals surface area contributed by atoms with Crippen LogP contribution in [-0.4, -0.2) is 35.6 Å². The molecule has 0 bridgehead atoms. The van der Waals surface area contributed by atoms with Crippen molar-refractivity contribution >= 4 is 17.0 Å². The Morgan fingerprint density at radius 1 is 1.08 bits per heavy atom. The van der Waals surface area contributed by atoms with Crippen LogP contribution in [0.2, 0.25) is 0 Å². The molecule has 6 heteroatoms. The van der Waals surface area contributed by atoms with Crippen LogP contribution >= 0.6 is 11.8 Å². The highest BCUT2D eigenvalue weighted by Gasteiger charge is 2.44. The molecule has 0 spiro atoms. The Bertz CT molecular complexity index is 664. The molecule has 2 aliphatic rings. The lowest BCUT2D eigenvalue weighted by molar-refractivity contribution is -0.0446. The smallest absolute Gasteiger partial charge is 0.286 e. The minimum atomic E-state index is -0.743. The van der Waals surface area contributed by atoms with Gasteiger partial charge in [0.1, 0.15) is 11.4 Å². The van der Waals surface area contributed by atoms with Gasteiger partial charge in [-0.3, -0.25) is 4.79 Å². The van der Waals surface area contributed by atoms with Crippen molar-refractivity contribution in [1.82, 2.24) is 4.90 Å². The summed E-state index contributed by atoms with van der Waals surface area (Å²) >= 11 is 1.19. The SMILES string of the molecule is CCc1c2c(c(SC(=O)N(C)C)c3c1OC(C)(C)O3)CC(C)(C)O2. The summed E-state index contributed by atoms with van der Waals surface area (Å²) in [7, 11) is 3.50. The molecule has 0 radical (unpaired) electrons. The maximum absolute atomic E-state index is 12.3. The number of hydrogen-bond acceptors (Lipinski definition) is 5. The van der Waals surface area contributed by atoms with Crippen LogP contribution in [0, 0.1) is 0 Å². The van der Waals surface area contributed by atoms with Crippen molar-refractivity contribution in [3.63, 3.8) is 0 Å². The first-order valence-electron chi connectivity index (χ1n) is 8.22. The van der Waals surface area contributed by atoms with Gasteiger partial charge in [0.05, 0.1) is 4.90 Å². The summed E-state index contributed by atoms with van der Waals surface area (Å²) in [6.45, 7) is 9.96. The van der Waals surface area contributed by atoms with Gasteiger partial charge in [0.25, 0.3) is 5.24 Å². The molecular weight excluding hydrogens is 326 g/mol. The molecule has 3 rings (SSSR count). The van der Waals surface area contributed by atoms with Crippen LogP contribution in [0.1, 0.15) is 45.7 Å². The summed E-state index contributed by atoms with van der Waals surface area (Å²) < 4.78 is 18.3. The normalized spacial score (nSPS) is 19.0. The van der Waals surface area contributed by atoms with Gasteiger partial charge in [-0.05, 0) is 32.0 Å². The molecule has 0 aromatic heterocycles. The third kappa shape index (κ3) is 2.81. The topological polar surface area (TPSA) is 48.0 Å². The second-order valence-electron chi connectivity index (χ2n) is 7.53. The third-order valence-electron chi connectivity index (χ3n) is 4.09. The van der Waals surface area contributed by atoms with E-state index in [0.717, 1.165) is 34.6 Å². The van der Waals surface area contributed by atoms with Crippen LogP contribution in [0.25, 0.3) is 0 Å². The van der Waals surface area contributed by atoms with Gasteiger partial charge in [-0.2, -0.15) is 0 Å². The molecule has 0 N–H and O–H groups in total. The summed E-state index contributed by atoms with van der Waals surface area (Å²) in [6.07, 6.45) is 1.53. The summed E-state index contributed by atoms with van der Waals surface area (Å²) in [4.78, 5) is 14.7. The number of hydrogen-bond donors (Lipinski definition) is 0. The largest absolute Gasteiger partial charge is 0.487 e. The molecule has 0 unspecified atom stereocenters. The summed E-state index contributed by atoms with van der Waals surface area (Å²) in [6, 6.07) is 0. The molecule has 0 saturated carbocycles. The van der Waals surface area contributed by atoms with E-state index in [-0.39, 0.29) is 10.8 Å². The van der Waals surface area contributed by atoms with Crippen LogP contribution in [0.15, 0.2) is 4.90 Å². The van der Waals surface area contributed by atoms with Crippen molar-refractivity contribution in [1.29, 1.82) is 0 Å². The average molecular weight is 351 g/mol. The van der Waals surface area contributed by atoms with E-state index in [4.69, 9.17) is 14.2 Å². The van der Waals surface area contributed by atoms with Gasteiger partial charge in [-0.15, -0.1) is 0 Å². The van der Waals surface area contributed by atoms with Crippen molar-refractivity contribution in [3.8, 4) is 17.2 Å². The van der Waals surface area contributed by atoms with E-state index in [2.05, 4.69) is 20.8 Å². The number of benzene rings is 1. The average Bonchev–Trinajstić information content (AvgIpc) is 2.93. The van der Waals surface area contributed by atoms with E-state index in [1.54, 1.807) is 19.0 Å². The predicted octanol–water partition coefficient (Wildman–Crippen LogP) is 4.24. The molecule has 5 nitrogen and oxygen atoms in total. The number of fused-ring (bicyclic) bond motifs is 2. The van der Waals surface area contributed by atoms with Crippen molar-refractivity contribution in [2.75, 3.05) is 14.1 Å². The molecule has 132 valence electrons. The third-order valence-corrected chi connectivity index (χ3v) is 5.27. The maximum Gasteiger partial charge on any atom is 0.286 e. The fraction of sp³-hybridized carbons (Fsp3) is 0.611. The molecule has 0 fully saturated rings. The zero-order valence-corrected chi connectivity index (χ0v) is 16.2. The second-order valence-corrected chi connectivity index (χ2v) is 8.49. The number of ether oxygens (including phenoxy) is 3. The van der Waals surface area contributed by atoms with Crippen LogP contribution in [0.3, 0.4) is 0 Å². The minimum absolute atomic E-state index is 0.0401. The van der Waals surface area contributed by atoms with Gasteiger partial charge < -0.3 is 19.1 Å². The Morgan fingerprint density at radius 2 is 1.71 bits per heavy atom. The molecule has 0 saturated heterocycles. The molecule has 2 aliphatic heterocycles. The molecule has 24 heavy (non-hydrogen) atoms. The fourth-order valence-electron chi connectivity index (χ4n) is 3.11. The standard InChI is InChI=1S/C18H25NO4S/c1-8-10-12-11(9-17(2,3)21-12)15(24-16(20)19(6)7)14-13(10)22-18(4,5)23-14/h8-9H2,1-7H3. The summed E-state index contributed by atoms with van der Waals surface area (Å²) in [5.74, 6) is 1.51. The van der Waals surface area contributed by atoms with Crippen molar-refractivity contribution in [2.45, 2.75) is 63.7 Å². The van der Waals surface area contributed by atoms with E-state index in [9.17, 15) is 4.79 Å². The Hall–Kier alpha value is -1.56. The van der Waals surface area contributed by atoms with Gasteiger partial charge in [-0.25, -0.2) is 0 Å². The Kier molecular flexibility index (Phi) is 3.94. The molecule has 1 aromatic carbocycles. The van der Waals surface area contributed by atoms with Crippen LogP contribution in [-0.2, 0) is 12.8 Å². The summed E-state index contributed by atoms with van der Waals surface area (Å²) in [5.41, 5.74) is 1.78. The van der Waals surface area contributed by atoms with Gasteiger partial charge in [0.15, 0.2) is 11.5 Å². The highest BCUT2D eigenvalue weighted by Crippen LogP contribution is 2.57. The minimum Gasteiger partial charge on any atom is -0.487 e. The monoisotopic (exact) mass is 351 g/mol. The molecular formula is C18H25NO4S. The predicted molar refractivity (Wildman–Crippen MR) is 94.5 cm³/mol. The number of thioether (sulfide) groups is 1. The maximum atomic E-state index is 12.3. The van der Waals surface area contributed by atoms with Gasteiger partial charge in [0.2, 0.25) is 5.79 Å². The molecule has 2 heterocycles. The highest BCUT2D eigenvalue weighted by molar-refractivity contribution is 8.13. The Morgan fingerprint density at radius 3 is 2.29 bits per heavy atom. The van der Waals surface area contributed by atoms with E-state index in [1.165, 1.54) is 11.8 Å². The van der Waals surface area contributed by atoms with Crippen molar-refractivity contribution in [3.05, 3.63) is 11.1 Å². The Labute approximate surface area is 147 Å². The van der Waals surface area contributed by atoms with E-state index in [1.807, 2.05) is 13.8 Å². The highest BCUT2D eigenvalue weighted by atomic mass is 32.2. The molecule has 0 aliphatic carbocycles. The second kappa shape index (κ2) is 5.48. The van der Waals surface area contributed by atoms with Gasteiger partial charge in [-0.1, -0.05) is 6.92 Å². The molecule has 0 atom stereocenters. The number of nitrogens with zero attached hydrogens (tertiary/aromatic N) is 1. The zero-order chi connectivity index (χ0) is 17.9. The van der Waals surface area contributed by atoms with E-state index < -0.39 is 5.79 Å². The lowest BCUT2D eigenvalue weighted by Gasteiger charge is -2.19. The number of carbonyl (C=O) groups excluding carboxylic acids is 1. The first-order valence-corrected chi connectivity index (χ1v) is 9.04. The van der Waals surface area contributed by atoms with E-state index >= 15 is 0 Å². The van der Waals surface area contributed by atoms with Gasteiger partial charge >= 0.3 is 0 Å². The zero-order valence-electron chi connectivity index (χ0n) is 15.4. The lowest BCUT2D eigenvalue weighted by atomic mass is 9.98. The number of carbonyl (C=O) groups is 1. The van der Waals surface area contributed by atoms with Crippen LogP contribution in [0.4, 0.5) is 4.79 Å². The first kappa shape index (κ1) is 17.3. The Balaban J connectivity index is 2.20.